The minimum atomic E-state index is -1.76. The number of nitrogens with zero attached hydrogens (tertiary/aromatic N) is 4. The van der Waals surface area contributed by atoms with Gasteiger partial charge in [-0.05, 0) is 63.8 Å². The summed E-state index contributed by atoms with van der Waals surface area (Å²) in [6.07, 6.45) is 2.35. The monoisotopic (exact) mass is 573 g/mol. The normalized spacial score (nSPS) is 19.6. The van der Waals surface area contributed by atoms with Gasteiger partial charge in [-0.1, -0.05) is 31.2 Å². The summed E-state index contributed by atoms with van der Waals surface area (Å²) in [5.74, 6) is 0.0258. The van der Waals surface area contributed by atoms with Gasteiger partial charge in [0.25, 0.3) is 5.91 Å². The molecule has 1 aromatic heterocycles. The molecule has 1 saturated heterocycles. The van der Waals surface area contributed by atoms with Crippen molar-refractivity contribution in [2.75, 3.05) is 13.1 Å². The summed E-state index contributed by atoms with van der Waals surface area (Å²) < 4.78 is 7.74. The second-order valence-corrected chi connectivity index (χ2v) is 11.1. The topological polar surface area (TPSA) is 162 Å². The highest BCUT2D eigenvalue weighted by Gasteiger charge is 2.47. The molecule has 0 aliphatic carbocycles. The number of ether oxygens (including phenoxy) is 1. The molecule has 11 heteroatoms. The number of carbonyl (C=O) groups excluding carboxylic acids is 2. The first-order valence-corrected chi connectivity index (χ1v) is 14.1. The van der Waals surface area contributed by atoms with E-state index in [1.165, 1.54) is 17.9 Å². The summed E-state index contributed by atoms with van der Waals surface area (Å²) in [7, 11) is 0. The lowest BCUT2D eigenvalue weighted by Crippen LogP contribution is -2.64. The van der Waals surface area contributed by atoms with E-state index in [0.717, 1.165) is 22.6 Å². The zero-order chi connectivity index (χ0) is 30.6. The van der Waals surface area contributed by atoms with Gasteiger partial charge < -0.3 is 24.8 Å². The van der Waals surface area contributed by atoms with Crippen molar-refractivity contribution >= 4 is 11.9 Å². The number of nitriles is 1. The number of hydroxylamine groups is 1. The van der Waals surface area contributed by atoms with Gasteiger partial charge in [0.1, 0.15) is 17.6 Å². The van der Waals surface area contributed by atoms with Crippen molar-refractivity contribution < 1.29 is 19.2 Å². The van der Waals surface area contributed by atoms with Crippen molar-refractivity contribution in [3.63, 3.8) is 0 Å². The lowest BCUT2D eigenvalue weighted by Gasteiger charge is -2.39. The molecule has 1 aliphatic rings. The van der Waals surface area contributed by atoms with Crippen LogP contribution >= 0.6 is 0 Å². The summed E-state index contributed by atoms with van der Waals surface area (Å²) in [6.45, 7) is 10.6. The van der Waals surface area contributed by atoms with Crippen molar-refractivity contribution in [1.29, 1.82) is 5.26 Å². The average molecular weight is 574 g/mol. The molecule has 42 heavy (non-hydrogen) atoms. The number of hydrogen-bond acceptors (Lipinski definition) is 9. The summed E-state index contributed by atoms with van der Waals surface area (Å²) in [6, 6.07) is 14.4. The lowest BCUT2D eigenvalue weighted by molar-refractivity contribution is -0.159. The number of aromatic nitrogens is 2. The Balaban J connectivity index is 1.60. The van der Waals surface area contributed by atoms with E-state index in [0.29, 0.717) is 25.3 Å². The molecule has 0 saturated carbocycles. The minimum absolute atomic E-state index is 0.00169. The van der Waals surface area contributed by atoms with Gasteiger partial charge in [-0.3, -0.25) is 10.5 Å². The van der Waals surface area contributed by atoms with Gasteiger partial charge in [0, 0.05) is 30.4 Å². The summed E-state index contributed by atoms with van der Waals surface area (Å²) in [5, 5.41) is 9.69. The van der Waals surface area contributed by atoms with Crippen LogP contribution in [0.1, 0.15) is 67.3 Å². The van der Waals surface area contributed by atoms with Crippen LogP contribution in [-0.4, -0.2) is 57.2 Å². The largest absolute Gasteiger partial charge is 0.490 e. The molecule has 3 aromatic rings. The molecule has 1 aliphatic heterocycles. The Morgan fingerprint density at radius 2 is 1.98 bits per heavy atom. The Bertz CT molecular complexity index is 1470. The van der Waals surface area contributed by atoms with Gasteiger partial charge in [-0.2, -0.15) is 10.7 Å². The highest BCUT2D eigenvalue weighted by atomic mass is 16.7. The Hall–Kier alpha value is -4.24. The number of rotatable bonds is 9. The molecule has 2 heterocycles. The standard InChI is InChI=1S/C31H39N7O4/c1-19(2)41-28-11-10-24(15-25(28)16-33)29(39)38-26(17-35-42-30(40)31(38,5)34)14-20(3)22-6-8-23(9-7-22)27-18-37(13-12-32)21(4)36-27/h6-11,15,18-20,26,35H,12-14,17,32,34H2,1-5H3/t20-,26-,31-/m0/s1. The Labute approximate surface area is 246 Å². The van der Waals surface area contributed by atoms with Crippen molar-refractivity contribution in [2.24, 2.45) is 11.5 Å². The maximum atomic E-state index is 14.0. The van der Waals surface area contributed by atoms with Crippen LogP contribution in [0.2, 0.25) is 0 Å². The van der Waals surface area contributed by atoms with Gasteiger partial charge in [-0.25, -0.2) is 9.78 Å². The first-order valence-electron chi connectivity index (χ1n) is 14.1. The first kappa shape index (κ1) is 30.7. The third kappa shape index (κ3) is 6.46. The van der Waals surface area contributed by atoms with E-state index in [-0.39, 0.29) is 29.7 Å². The molecule has 222 valence electrons. The SMILES string of the molecule is Cc1nc(-c2ccc([C@@H](C)C[C@H]3CNOC(=O)[C@@](C)(N)N3C(=O)c3ccc(OC(C)C)c(C#N)c3)cc2)cn1CCN. The zero-order valence-corrected chi connectivity index (χ0v) is 24.8. The van der Waals surface area contributed by atoms with Crippen LogP contribution in [0.15, 0.2) is 48.7 Å². The molecule has 1 fully saturated rings. The molecular weight excluding hydrogens is 534 g/mol. The number of nitrogens with two attached hydrogens (primary N) is 2. The molecule has 5 N–H and O–H groups in total. The molecule has 2 aromatic carbocycles. The average Bonchev–Trinajstić information content (AvgIpc) is 3.27. The van der Waals surface area contributed by atoms with Crippen LogP contribution in [0.4, 0.5) is 0 Å². The fourth-order valence-corrected chi connectivity index (χ4v) is 5.23. The van der Waals surface area contributed by atoms with Crippen LogP contribution in [-0.2, 0) is 16.2 Å². The second kappa shape index (κ2) is 12.7. The molecular formula is C31H39N7O4. The molecule has 1 amide bonds. The van der Waals surface area contributed by atoms with E-state index in [9.17, 15) is 14.9 Å². The number of aryl methyl sites for hydroxylation is 1. The Morgan fingerprint density at radius 3 is 2.62 bits per heavy atom. The molecule has 0 radical (unpaired) electrons. The van der Waals surface area contributed by atoms with Gasteiger partial charge in [0.05, 0.1) is 29.9 Å². The third-order valence-electron chi connectivity index (χ3n) is 7.44. The quantitative estimate of drug-likeness (QED) is 0.349. The van der Waals surface area contributed by atoms with Gasteiger partial charge in [0.15, 0.2) is 5.66 Å². The highest BCUT2D eigenvalue weighted by molar-refractivity contribution is 5.98. The van der Waals surface area contributed by atoms with Crippen molar-refractivity contribution in [3.8, 4) is 23.1 Å². The number of benzene rings is 2. The van der Waals surface area contributed by atoms with E-state index >= 15 is 0 Å². The molecule has 11 nitrogen and oxygen atoms in total. The van der Waals surface area contributed by atoms with E-state index in [1.54, 1.807) is 12.1 Å². The van der Waals surface area contributed by atoms with E-state index < -0.39 is 23.6 Å². The molecule has 4 rings (SSSR count). The lowest BCUT2D eigenvalue weighted by atomic mass is 9.91. The van der Waals surface area contributed by atoms with Crippen molar-refractivity contribution in [3.05, 3.63) is 71.2 Å². The van der Waals surface area contributed by atoms with Gasteiger partial charge in [0.2, 0.25) is 0 Å². The molecule has 0 spiro atoms. The molecule has 0 bridgehead atoms. The highest BCUT2D eigenvalue weighted by Crippen LogP contribution is 2.31. The van der Waals surface area contributed by atoms with Crippen LogP contribution in [0, 0.1) is 18.3 Å². The van der Waals surface area contributed by atoms with Gasteiger partial charge >= 0.3 is 5.97 Å². The number of amides is 1. The van der Waals surface area contributed by atoms with Crippen LogP contribution < -0.4 is 21.7 Å². The smallest absolute Gasteiger partial charge is 0.365 e. The number of hydrogen-bond donors (Lipinski definition) is 3. The van der Waals surface area contributed by atoms with Crippen LogP contribution in [0.5, 0.6) is 5.75 Å². The van der Waals surface area contributed by atoms with Crippen molar-refractivity contribution in [2.45, 2.75) is 71.3 Å². The molecule has 0 unspecified atom stereocenters. The molecule has 3 atom stereocenters. The van der Waals surface area contributed by atoms with Crippen LogP contribution in [0.25, 0.3) is 11.3 Å². The Morgan fingerprint density at radius 1 is 1.26 bits per heavy atom. The first-order chi connectivity index (χ1) is 20.0. The summed E-state index contributed by atoms with van der Waals surface area (Å²) in [5.41, 5.74) is 16.5. The van der Waals surface area contributed by atoms with Gasteiger partial charge in [-0.15, -0.1) is 0 Å². The van der Waals surface area contributed by atoms with E-state index in [4.69, 9.17) is 21.0 Å². The fourth-order valence-electron chi connectivity index (χ4n) is 5.23. The van der Waals surface area contributed by atoms with Crippen LogP contribution in [0.3, 0.4) is 0 Å². The van der Waals surface area contributed by atoms with E-state index in [1.807, 2.05) is 55.8 Å². The maximum Gasteiger partial charge on any atom is 0.365 e. The summed E-state index contributed by atoms with van der Waals surface area (Å²) >= 11 is 0. The zero-order valence-electron chi connectivity index (χ0n) is 24.8. The fraction of sp³-hybridized carbons (Fsp3) is 0.419. The maximum absolute atomic E-state index is 14.0. The van der Waals surface area contributed by atoms with E-state index in [2.05, 4.69) is 23.5 Å². The summed E-state index contributed by atoms with van der Waals surface area (Å²) in [4.78, 5) is 38.0. The van der Waals surface area contributed by atoms with Crippen molar-refractivity contribution in [1.82, 2.24) is 19.9 Å². The second-order valence-electron chi connectivity index (χ2n) is 11.1. The number of imidazole rings is 1. The Kier molecular flexibility index (Phi) is 9.31. The number of carbonyl (C=O) groups is 2. The predicted molar refractivity (Wildman–Crippen MR) is 158 cm³/mol. The minimum Gasteiger partial charge on any atom is -0.490 e. The number of nitrogens with one attached hydrogen (secondary N) is 1. The predicted octanol–water partition coefficient (Wildman–Crippen LogP) is 3.22. The third-order valence-corrected chi connectivity index (χ3v) is 7.44.